The zero-order valence-electron chi connectivity index (χ0n) is 29.2. The number of fused-ring (bicyclic) bond motifs is 7. The van der Waals surface area contributed by atoms with Crippen molar-refractivity contribution in [3.05, 3.63) is 105 Å². The summed E-state index contributed by atoms with van der Waals surface area (Å²) in [5.41, 5.74) is 2.39. The Labute approximate surface area is 342 Å². The highest BCUT2D eigenvalue weighted by Gasteiger charge is 2.24. The van der Waals surface area contributed by atoms with Gasteiger partial charge in [-0.3, -0.25) is 0 Å². The highest BCUT2D eigenvalue weighted by atomic mass is 32.1. The molecule has 8 aromatic heterocycles. The minimum absolute atomic E-state index is 1.08. The van der Waals surface area contributed by atoms with E-state index < -0.39 is 0 Å². The lowest BCUT2D eigenvalue weighted by molar-refractivity contribution is 1.38. The summed E-state index contributed by atoms with van der Waals surface area (Å²) >= 11 is 15.0. The van der Waals surface area contributed by atoms with Gasteiger partial charge in [-0.25, -0.2) is 9.97 Å². The Morgan fingerprint density at radius 2 is 0.852 bits per heavy atom. The Hall–Kier alpha value is -3.84. The molecule has 2 nitrogen and oxygen atoms in total. The summed E-state index contributed by atoms with van der Waals surface area (Å²) in [6.07, 6.45) is 4.02. The second-order valence-corrected chi connectivity index (χ2v) is 23.2. The normalized spacial score (nSPS) is 12.4. The largest absolute Gasteiger partial charge is 0.244 e. The fraction of sp³-hybridized carbons (Fsp3) is 0.0909. The first-order valence-corrected chi connectivity index (χ1v) is 24.0. The summed E-state index contributed by atoms with van der Waals surface area (Å²) in [6, 6.07) is 28.5. The van der Waals surface area contributed by atoms with Gasteiger partial charge in [0.2, 0.25) is 0 Å². The van der Waals surface area contributed by atoms with Gasteiger partial charge in [-0.2, -0.15) is 0 Å². The first kappa shape index (κ1) is 32.4. The van der Waals surface area contributed by atoms with E-state index in [4.69, 9.17) is 9.97 Å². The Kier molecular flexibility index (Phi) is 7.10. The van der Waals surface area contributed by atoms with Crippen molar-refractivity contribution in [2.75, 3.05) is 0 Å². The van der Waals surface area contributed by atoms with Crippen molar-refractivity contribution >= 4 is 153 Å². The monoisotopic (exact) mass is 838 g/mol. The van der Waals surface area contributed by atoms with Gasteiger partial charge in [0.15, 0.2) is 0 Å². The minimum Gasteiger partial charge on any atom is -0.244 e. The molecule has 0 saturated heterocycles. The lowest BCUT2D eigenvalue weighted by Gasteiger charge is -2.16. The molecule has 0 amide bonds. The van der Waals surface area contributed by atoms with E-state index in [0.717, 1.165) is 10.0 Å². The summed E-state index contributed by atoms with van der Waals surface area (Å²) in [5, 5.41) is 12.8. The van der Waals surface area contributed by atoms with Crippen LogP contribution in [0.3, 0.4) is 0 Å². The first-order valence-electron chi connectivity index (χ1n) is 17.5. The molecule has 0 radical (unpaired) electrons. The molecular formula is C44H26N2S8. The number of aromatic nitrogens is 2. The van der Waals surface area contributed by atoms with Crippen LogP contribution in [0.4, 0.5) is 0 Å². The van der Waals surface area contributed by atoms with Crippen molar-refractivity contribution in [2.24, 2.45) is 0 Å². The van der Waals surface area contributed by atoms with Gasteiger partial charge in [0, 0.05) is 113 Å². The zero-order chi connectivity index (χ0) is 36.0. The third-order valence-corrected chi connectivity index (χ3v) is 19.3. The SMILES string of the molecule is Cc1ccc(-c2cc3c4cc(-c5ncc(C)s5)cc5c6sc(-c7ccc(-c8cc9sc(C)cc9s8)s7)cc6c6cc(-c7ncc(C)s7)cc(c3s2)c6c45)s1. The van der Waals surface area contributed by atoms with Crippen LogP contribution in [0.25, 0.3) is 112 Å². The number of aryl methyl sites for hydroxylation is 4. The molecule has 260 valence electrons. The molecule has 4 aromatic carbocycles. The zero-order valence-corrected chi connectivity index (χ0v) is 35.8. The van der Waals surface area contributed by atoms with Crippen molar-refractivity contribution in [1.29, 1.82) is 0 Å². The lowest BCUT2D eigenvalue weighted by atomic mass is 9.88. The number of hydrogen-bond donors (Lipinski definition) is 0. The predicted octanol–water partition coefficient (Wildman–Crippen LogP) is 16.9. The van der Waals surface area contributed by atoms with Crippen LogP contribution in [0.15, 0.2) is 85.2 Å². The van der Waals surface area contributed by atoms with Crippen LogP contribution in [-0.4, -0.2) is 9.97 Å². The van der Waals surface area contributed by atoms with Crippen molar-refractivity contribution in [3.8, 4) is 50.4 Å². The molecule has 0 unspecified atom stereocenters. The molecule has 10 heteroatoms. The van der Waals surface area contributed by atoms with E-state index in [2.05, 4.69) is 100 Å². The second-order valence-electron chi connectivity index (χ2n) is 13.9. The molecule has 0 bridgehead atoms. The van der Waals surface area contributed by atoms with Crippen LogP contribution in [0.5, 0.6) is 0 Å². The maximum Gasteiger partial charge on any atom is 0.123 e. The quantitative estimate of drug-likeness (QED) is 0.161. The summed E-state index contributed by atoms with van der Waals surface area (Å²) in [5.74, 6) is 0. The van der Waals surface area contributed by atoms with Crippen molar-refractivity contribution in [2.45, 2.75) is 27.7 Å². The number of benzene rings is 4. The second kappa shape index (κ2) is 11.8. The maximum atomic E-state index is 4.91. The van der Waals surface area contributed by atoms with Gasteiger partial charge in [0.25, 0.3) is 0 Å². The van der Waals surface area contributed by atoms with Gasteiger partial charge >= 0.3 is 0 Å². The summed E-state index contributed by atoms with van der Waals surface area (Å²) in [6.45, 7) is 8.71. The molecule has 12 rings (SSSR count). The number of rotatable bonds is 5. The van der Waals surface area contributed by atoms with E-state index in [1.165, 1.54) is 122 Å². The standard InChI is InChI=1S/C44H26N2S8/c1-19-5-6-31(47-19)35-14-27-25-10-23(43-45-17-21(3)49-43)13-30-39(25)40-26(11-24(12-29(40)41(27)53-35)44-46-18-22(4)50-44)28-15-36(54-42(28)30)32-7-8-33(51-32)37-16-38-34(52-37)9-20(2)48-38/h5-18H,1-4H3. The summed E-state index contributed by atoms with van der Waals surface area (Å²) < 4.78 is 5.48. The molecule has 0 N–H and O–H groups in total. The molecule has 0 saturated carbocycles. The highest BCUT2D eigenvalue weighted by Crippen LogP contribution is 2.54. The molecule has 0 aliphatic rings. The third-order valence-electron chi connectivity index (χ3n) is 10.2. The summed E-state index contributed by atoms with van der Waals surface area (Å²) in [4.78, 5) is 23.0. The van der Waals surface area contributed by atoms with Crippen LogP contribution >= 0.6 is 90.7 Å². The number of nitrogens with zero attached hydrogens (tertiary/aromatic N) is 2. The summed E-state index contributed by atoms with van der Waals surface area (Å²) in [7, 11) is 0. The minimum atomic E-state index is 1.08. The van der Waals surface area contributed by atoms with E-state index in [1.807, 2.05) is 80.4 Å². The molecule has 54 heavy (non-hydrogen) atoms. The molecule has 0 fully saturated rings. The van der Waals surface area contributed by atoms with Crippen molar-refractivity contribution < 1.29 is 0 Å². The first-order chi connectivity index (χ1) is 26.3. The van der Waals surface area contributed by atoms with Crippen LogP contribution in [-0.2, 0) is 0 Å². The van der Waals surface area contributed by atoms with Gasteiger partial charge < -0.3 is 0 Å². The lowest BCUT2D eigenvalue weighted by Crippen LogP contribution is -1.89. The third kappa shape index (κ3) is 4.88. The fourth-order valence-corrected chi connectivity index (χ4v) is 16.2. The number of hydrogen-bond acceptors (Lipinski definition) is 10. The Morgan fingerprint density at radius 3 is 1.35 bits per heavy atom. The highest BCUT2D eigenvalue weighted by molar-refractivity contribution is 7.32. The van der Waals surface area contributed by atoms with E-state index in [1.54, 1.807) is 22.7 Å². The molecule has 12 aromatic rings. The topological polar surface area (TPSA) is 25.8 Å². The molecule has 0 spiro atoms. The van der Waals surface area contributed by atoms with Gasteiger partial charge in [0.1, 0.15) is 10.0 Å². The smallest absolute Gasteiger partial charge is 0.123 e. The number of thiazole rings is 2. The van der Waals surface area contributed by atoms with Crippen LogP contribution in [0.2, 0.25) is 0 Å². The van der Waals surface area contributed by atoms with Crippen LogP contribution in [0, 0.1) is 27.7 Å². The maximum absolute atomic E-state index is 4.91. The molecule has 0 atom stereocenters. The van der Waals surface area contributed by atoms with E-state index in [-0.39, 0.29) is 0 Å². The van der Waals surface area contributed by atoms with Gasteiger partial charge in [0.05, 0.1) is 0 Å². The fourth-order valence-electron chi connectivity index (χ4n) is 7.90. The molecular weight excluding hydrogens is 813 g/mol. The van der Waals surface area contributed by atoms with E-state index >= 15 is 0 Å². The van der Waals surface area contributed by atoms with E-state index in [0.29, 0.717) is 0 Å². The van der Waals surface area contributed by atoms with Gasteiger partial charge in [-0.05, 0) is 122 Å². The van der Waals surface area contributed by atoms with E-state index in [9.17, 15) is 0 Å². The number of thiophene rings is 6. The Balaban J connectivity index is 1.18. The van der Waals surface area contributed by atoms with Crippen LogP contribution in [0.1, 0.15) is 19.5 Å². The average Bonchev–Trinajstić information content (AvgIpc) is 4.00. The van der Waals surface area contributed by atoms with Crippen molar-refractivity contribution in [3.63, 3.8) is 0 Å². The Bertz CT molecular complexity index is 3270. The average molecular weight is 839 g/mol. The van der Waals surface area contributed by atoms with Crippen molar-refractivity contribution in [1.82, 2.24) is 9.97 Å². The van der Waals surface area contributed by atoms with Gasteiger partial charge in [-0.1, -0.05) is 0 Å². The molecule has 0 aliphatic carbocycles. The Morgan fingerprint density at radius 1 is 0.352 bits per heavy atom. The predicted molar refractivity (Wildman–Crippen MR) is 247 cm³/mol. The molecule has 8 heterocycles. The van der Waals surface area contributed by atoms with Crippen LogP contribution < -0.4 is 0 Å². The van der Waals surface area contributed by atoms with Gasteiger partial charge in [-0.15, -0.1) is 90.7 Å². The molecule has 0 aliphatic heterocycles.